The summed E-state index contributed by atoms with van der Waals surface area (Å²) in [6.45, 7) is 21.5. The molecule has 7 nitrogen and oxygen atoms in total. The van der Waals surface area contributed by atoms with Gasteiger partial charge in [-0.1, -0.05) is 125 Å². The fourth-order valence-electron chi connectivity index (χ4n) is 7.79. The molecule has 0 amide bonds. The molecule has 0 spiro atoms. The number of unbranched alkanes of at least 4 members (excludes halogenated alkanes) is 1. The van der Waals surface area contributed by atoms with Gasteiger partial charge in [-0.25, -0.2) is 0 Å². The van der Waals surface area contributed by atoms with Crippen molar-refractivity contribution in [1.29, 1.82) is 0 Å². The summed E-state index contributed by atoms with van der Waals surface area (Å²) in [4.78, 5) is 7.34. The van der Waals surface area contributed by atoms with Crippen LogP contribution in [0.25, 0.3) is 0 Å². The molecule has 0 aromatic heterocycles. The van der Waals surface area contributed by atoms with Gasteiger partial charge < -0.3 is 34.6 Å². The minimum absolute atomic E-state index is 0.103. The van der Waals surface area contributed by atoms with Crippen molar-refractivity contribution in [2.24, 2.45) is 0 Å². The molecule has 2 fully saturated rings. The first-order valence-electron chi connectivity index (χ1n) is 22.3. The second-order valence-electron chi connectivity index (χ2n) is 16.4. The van der Waals surface area contributed by atoms with Gasteiger partial charge in [-0.2, -0.15) is 0 Å². The summed E-state index contributed by atoms with van der Waals surface area (Å²) in [6, 6.07) is 22.3. The van der Waals surface area contributed by atoms with Crippen LogP contribution in [0.3, 0.4) is 0 Å². The second-order valence-corrected chi connectivity index (χ2v) is 16.4. The minimum atomic E-state index is 0.103. The Labute approximate surface area is 343 Å². The molecule has 5 rings (SSSR count). The van der Waals surface area contributed by atoms with Gasteiger partial charge in [-0.15, -0.1) is 0 Å². The fourth-order valence-corrected chi connectivity index (χ4v) is 7.79. The highest BCUT2D eigenvalue weighted by Crippen LogP contribution is 2.39. The summed E-state index contributed by atoms with van der Waals surface area (Å²) in [6.07, 6.45) is 15.3. The predicted molar refractivity (Wildman–Crippen MR) is 241 cm³/mol. The van der Waals surface area contributed by atoms with Crippen molar-refractivity contribution in [2.75, 3.05) is 57.6 Å². The van der Waals surface area contributed by atoms with E-state index < -0.39 is 0 Å². The normalized spacial score (nSPS) is 15.1. The Kier molecular flexibility index (Phi) is 21.0. The lowest BCUT2D eigenvalue weighted by Crippen LogP contribution is -2.36. The Morgan fingerprint density at radius 1 is 0.661 bits per heavy atom. The molecule has 0 heterocycles. The minimum Gasteiger partial charge on any atom is -0.492 e. The van der Waals surface area contributed by atoms with Gasteiger partial charge in [0, 0.05) is 50.4 Å². The summed E-state index contributed by atoms with van der Waals surface area (Å²) in [5, 5.41) is 0. The maximum Gasteiger partial charge on any atom is 0.148 e. The molecule has 0 radical (unpaired) electrons. The van der Waals surface area contributed by atoms with Gasteiger partial charge in [-0.3, -0.25) is 0 Å². The molecule has 2 aliphatic carbocycles. The van der Waals surface area contributed by atoms with Crippen LogP contribution in [-0.4, -0.2) is 68.8 Å². The monoisotopic (exact) mass is 773 g/mol. The number of likely N-dealkylation sites (N-methyl/N-ethyl adjacent to an activating group) is 2. The molecular formula is C49H80N4O3. The number of anilines is 2. The SMILES string of the molecule is CC.CC.CCCCN(Cc1cccc(Oc2ccc(C(C)(C)C)cc2)c1)c1cc(OCCN(C)C2CCCCC2)cc(OCCN(C)C2CCCCC2)c1N. The third kappa shape index (κ3) is 15.2. The fraction of sp³-hybridized carbons (Fsp3) is 0.633. The first-order chi connectivity index (χ1) is 27.1. The van der Waals surface area contributed by atoms with E-state index in [0.29, 0.717) is 43.3 Å². The van der Waals surface area contributed by atoms with Gasteiger partial charge >= 0.3 is 0 Å². The van der Waals surface area contributed by atoms with Crippen LogP contribution in [0.15, 0.2) is 60.7 Å². The Morgan fingerprint density at radius 3 is 1.79 bits per heavy atom. The topological polar surface area (TPSA) is 63.4 Å². The van der Waals surface area contributed by atoms with E-state index in [2.05, 4.69) is 105 Å². The third-order valence-corrected chi connectivity index (χ3v) is 11.3. The molecule has 0 bridgehead atoms. The highest BCUT2D eigenvalue weighted by Gasteiger charge is 2.21. The summed E-state index contributed by atoms with van der Waals surface area (Å²) in [5.74, 6) is 3.19. The van der Waals surface area contributed by atoms with Crippen molar-refractivity contribution in [3.63, 3.8) is 0 Å². The van der Waals surface area contributed by atoms with E-state index in [4.69, 9.17) is 19.9 Å². The van der Waals surface area contributed by atoms with Crippen LogP contribution in [0, 0.1) is 0 Å². The van der Waals surface area contributed by atoms with E-state index in [-0.39, 0.29) is 5.41 Å². The van der Waals surface area contributed by atoms with E-state index in [1.807, 2.05) is 39.8 Å². The zero-order valence-corrected chi connectivity index (χ0v) is 37.3. The molecule has 314 valence electrons. The van der Waals surface area contributed by atoms with Crippen molar-refractivity contribution in [3.05, 3.63) is 71.8 Å². The van der Waals surface area contributed by atoms with Crippen LogP contribution in [0.5, 0.6) is 23.0 Å². The molecule has 7 heteroatoms. The first kappa shape index (κ1) is 47.0. The Morgan fingerprint density at radius 2 is 1.23 bits per heavy atom. The Bertz CT molecular complexity index is 1490. The van der Waals surface area contributed by atoms with E-state index in [0.717, 1.165) is 61.0 Å². The number of hydrogen-bond donors (Lipinski definition) is 1. The average Bonchev–Trinajstić information content (AvgIpc) is 3.22. The molecule has 2 aliphatic rings. The van der Waals surface area contributed by atoms with Crippen molar-refractivity contribution >= 4 is 11.4 Å². The first-order valence-corrected chi connectivity index (χ1v) is 22.3. The average molecular weight is 773 g/mol. The number of ether oxygens (including phenoxy) is 3. The van der Waals surface area contributed by atoms with Gasteiger partial charge in [0.25, 0.3) is 0 Å². The quantitative estimate of drug-likeness (QED) is 0.129. The lowest BCUT2D eigenvalue weighted by molar-refractivity contribution is 0.157. The summed E-state index contributed by atoms with van der Waals surface area (Å²) in [7, 11) is 4.48. The highest BCUT2D eigenvalue weighted by atomic mass is 16.5. The number of rotatable bonds is 18. The summed E-state index contributed by atoms with van der Waals surface area (Å²) >= 11 is 0. The molecule has 3 aromatic rings. The molecule has 0 unspecified atom stereocenters. The third-order valence-electron chi connectivity index (χ3n) is 11.3. The zero-order chi connectivity index (χ0) is 40.9. The zero-order valence-electron chi connectivity index (χ0n) is 37.3. The van der Waals surface area contributed by atoms with Crippen LogP contribution in [0.2, 0.25) is 0 Å². The number of nitrogens with two attached hydrogens (primary N) is 1. The summed E-state index contributed by atoms with van der Waals surface area (Å²) < 4.78 is 19.4. The molecule has 0 aliphatic heterocycles. The van der Waals surface area contributed by atoms with Crippen LogP contribution >= 0.6 is 0 Å². The van der Waals surface area contributed by atoms with Crippen molar-refractivity contribution in [1.82, 2.24) is 9.80 Å². The standard InChI is InChI=1S/C45H68N4O3.2C2H6/c1-7-8-26-49(34-35-16-15-21-40(31-35)52-39-24-22-36(23-25-39)45(2,3)4)42-32-41(50-29-27-47(5)37-17-11-9-12-18-37)33-43(44(42)46)51-30-28-48(6)38-19-13-10-14-20-38;2*1-2/h15-16,21-25,31-33,37-38H,7-14,17-20,26-30,34,46H2,1-6H3;2*1-2H3. The predicted octanol–water partition coefficient (Wildman–Crippen LogP) is 12.5. The van der Waals surface area contributed by atoms with Gasteiger partial charge in [0.05, 0.1) is 11.4 Å². The van der Waals surface area contributed by atoms with E-state index >= 15 is 0 Å². The van der Waals surface area contributed by atoms with Crippen LogP contribution in [-0.2, 0) is 12.0 Å². The van der Waals surface area contributed by atoms with Gasteiger partial charge in [0.2, 0.25) is 0 Å². The second kappa shape index (κ2) is 25.0. The number of benzene rings is 3. The van der Waals surface area contributed by atoms with E-state index in [9.17, 15) is 0 Å². The molecule has 56 heavy (non-hydrogen) atoms. The molecular weight excluding hydrogens is 693 g/mol. The Balaban J connectivity index is 0.00000204. The van der Waals surface area contributed by atoms with Crippen LogP contribution in [0.1, 0.15) is 144 Å². The lowest BCUT2D eigenvalue weighted by atomic mass is 9.87. The molecule has 0 atom stereocenters. The molecule has 3 aromatic carbocycles. The van der Waals surface area contributed by atoms with E-state index in [1.165, 1.54) is 69.8 Å². The number of hydrogen-bond acceptors (Lipinski definition) is 7. The number of nitrogens with zero attached hydrogens (tertiary/aromatic N) is 3. The van der Waals surface area contributed by atoms with Gasteiger partial charge in [-0.05, 0) is 87.0 Å². The lowest BCUT2D eigenvalue weighted by Gasteiger charge is -2.31. The highest BCUT2D eigenvalue weighted by molar-refractivity contribution is 5.76. The van der Waals surface area contributed by atoms with Gasteiger partial charge in [0.1, 0.15) is 36.2 Å². The summed E-state index contributed by atoms with van der Waals surface area (Å²) in [5.41, 5.74) is 11.2. The van der Waals surface area contributed by atoms with Crippen LogP contribution < -0.4 is 24.8 Å². The number of nitrogen functional groups attached to an aromatic ring is 1. The van der Waals surface area contributed by atoms with Crippen molar-refractivity contribution in [2.45, 2.75) is 156 Å². The maximum absolute atomic E-state index is 7.02. The van der Waals surface area contributed by atoms with E-state index in [1.54, 1.807) is 0 Å². The largest absolute Gasteiger partial charge is 0.492 e. The van der Waals surface area contributed by atoms with Gasteiger partial charge in [0.15, 0.2) is 0 Å². The van der Waals surface area contributed by atoms with Crippen molar-refractivity contribution < 1.29 is 14.2 Å². The molecule has 2 N–H and O–H groups in total. The molecule has 0 saturated heterocycles. The smallest absolute Gasteiger partial charge is 0.148 e. The maximum atomic E-state index is 7.02. The Hall–Kier alpha value is -3.42. The van der Waals surface area contributed by atoms with Crippen molar-refractivity contribution in [3.8, 4) is 23.0 Å². The molecule has 2 saturated carbocycles. The van der Waals surface area contributed by atoms with Crippen LogP contribution in [0.4, 0.5) is 11.4 Å².